The fourth-order valence-electron chi connectivity index (χ4n) is 2.42. The van der Waals surface area contributed by atoms with Crippen molar-refractivity contribution in [3.8, 4) is 5.75 Å². The van der Waals surface area contributed by atoms with Crippen molar-refractivity contribution in [3.05, 3.63) is 23.5 Å². The van der Waals surface area contributed by atoms with E-state index in [-0.39, 0.29) is 25.2 Å². The van der Waals surface area contributed by atoms with Gasteiger partial charge in [0.15, 0.2) is 6.61 Å². The number of amides is 1. The number of hydrogen-bond acceptors (Lipinski definition) is 4. The maximum atomic E-state index is 11.7. The monoisotopic (exact) mass is 278 g/mol. The van der Waals surface area contributed by atoms with Gasteiger partial charge in [-0.25, -0.2) is 0 Å². The SMILES string of the molecule is CCC(CO)NC(=O)COc1ccnc2c1CCCC2. The highest BCUT2D eigenvalue weighted by molar-refractivity contribution is 5.77. The van der Waals surface area contributed by atoms with Crippen LogP contribution in [0, 0.1) is 0 Å². The molecule has 1 amide bonds. The van der Waals surface area contributed by atoms with E-state index in [1.165, 1.54) is 6.42 Å². The predicted molar refractivity (Wildman–Crippen MR) is 75.7 cm³/mol. The molecule has 1 aliphatic carbocycles. The van der Waals surface area contributed by atoms with Crippen LogP contribution in [0.15, 0.2) is 12.3 Å². The average molecular weight is 278 g/mol. The molecule has 1 atom stereocenters. The first-order valence-corrected chi connectivity index (χ1v) is 7.24. The first-order valence-electron chi connectivity index (χ1n) is 7.24. The van der Waals surface area contributed by atoms with Crippen LogP contribution >= 0.6 is 0 Å². The second kappa shape index (κ2) is 7.24. The Morgan fingerprint density at radius 3 is 3.05 bits per heavy atom. The van der Waals surface area contributed by atoms with Gasteiger partial charge in [-0.1, -0.05) is 6.92 Å². The molecule has 0 bridgehead atoms. The van der Waals surface area contributed by atoms with Gasteiger partial charge in [0.05, 0.1) is 12.6 Å². The quantitative estimate of drug-likeness (QED) is 0.821. The third-order valence-corrected chi connectivity index (χ3v) is 3.63. The Labute approximate surface area is 119 Å². The van der Waals surface area contributed by atoms with E-state index >= 15 is 0 Å². The maximum Gasteiger partial charge on any atom is 0.258 e. The third-order valence-electron chi connectivity index (χ3n) is 3.63. The highest BCUT2D eigenvalue weighted by Crippen LogP contribution is 2.27. The third kappa shape index (κ3) is 3.70. The summed E-state index contributed by atoms with van der Waals surface area (Å²) in [6, 6.07) is 1.62. The molecule has 0 radical (unpaired) electrons. The molecular weight excluding hydrogens is 256 g/mol. The highest BCUT2D eigenvalue weighted by atomic mass is 16.5. The lowest BCUT2D eigenvalue weighted by Crippen LogP contribution is -2.39. The van der Waals surface area contributed by atoms with E-state index in [1.807, 2.05) is 13.0 Å². The molecule has 1 aromatic rings. The molecule has 1 unspecified atom stereocenters. The summed E-state index contributed by atoms with van der Waals surface area (Å²) in [5, 5.41) is 11.8. The summed E-state index contributed by atoms with van der Waals surface area (Å²) in [5.41, 5.74) is 2.23. The molecule has 5 nitrogen and oxygen atoms in total. The number of nitrogens with one attached hydrogen (secondary N) is 1. The Morgan fingerprint density at radius 2 is 2.30 bits per heavy atom. The van der Waals surface area contributed by atoms with E-state index in [2.05, 4.69) is 10.3 Å². The van der Waals surface area contributed by atoms with Gasteiger partial charge in [0.25, 0.3) is 5.91 Å². The lowest BCUT2D eigenvalue weighted by Gasteiger charge is -2.19. The molecule has 0 spiro atoms. The van der Waals surface area contributed by atoms with Crippen LogP contribution in [-0.4, -0.2) is 35.3 Å². The van der Waals surface area contributed by atoms with Gasteiger partial charge in [-0.15, -0.1) is 0 Å². The van der Waals surface area contributed by atoms with Crippen LogP contribution in [0.3, 0.4) is 0 Å². The minimum atomic E-state index is -0.202. The number of carbonyl (C=O) groups is 1. The number of ether oxygens (including phenoxy) is 1. The molecule has 2 N–H and O–H groups in total. The number of rotatable bonds is 6. The summed E-state index contributed by atoms with van der Waals surface area (Å²) >= 11 is 0. The molecule has 1 heterocycles. The number of aliphatic hydroxyl groups is 1. The average Bonchev–Trinajstić information content (AvgIpc) is 2.50. The normalized spacial score (nSPS) is 15.3. The van der Waals surface area contributed by atoms with Crippen molar-refractivity contribution in [1.82, 2.24) is 10.3 Å². The smallest absolute Gasteiger partial charge is 0.258 e. The molecule has 5 heteroatoms. The molecule has 0 saturated heterocycles. The minimum absolute atomic E-state index is 0.0209. The van der Waals surface area contributed by atoms with Gasteiger partial charge < -0.3 is 15.2 Å². The zero-order valence-electron chi connectivity index (χ0n) is 11.9. The lowest BCUT2D eigenvalue weighted by atomic mass is 9.95. The van der Waals surface area contributed by atoms with E-state index in [1.54, 1.807) is 6.20 Å². The standard InChI is InChI=1S/C15H22N2O3/c1-2-11(9-18)17-15(19)10-20-14-7-8-16-13-6-4-3-5-12(13)14/h7-8,11,18H,2-6,9-10H2,1H3,(H,17,19). The fraction of sp³-hybridized carbons (Fsp3) is 0.600. The van der Waals surface area contributed by atoms with E-state index in [0.29, 0.717) is 6.42 Å². The highest BCUT2D eigenvalue weighted by Gasteiger charge is 2.16. The van der Waals surface area contributed by atoms with Gasteiger partial charge in [0, 0.05) is 17.5 Å². The van der Waals surface area contributed by atoms with Gasteiger partial charge in [0.2, 0.25) is 0 Å². The number of nitrogens with zero attached hydrogens (tertiary/aromatic N) is 1. The zero-order valence-corrected chi connectivity index (χ0v) is 11.9. The number of fused-ring (bicyclic) bond motifs is 1. The van der Waals surface area contributed by atoms with Crippen LogP contribution in [0.4, 0.5) is 0 Å². The largest absolute Gasteiger partial charge is 0.483 e. The molecule has 20 heavy (non-hydrogen) atoms. The van der Waals surface area contributed by atoms with E-state index in [0.717, 1.165) is 36.3 Å². The van der Waals surface area contributed by atoms with E-state index < -0.39 is 0 Å². The summed E-state index contributed by atoms with van der Waals surface area (Å²) < 4.78 is 5.62. The molecule has 0 aliphatic heterocycles. The van der Waals surface area contributed by atoms with Gasteiger partial charge in [0.1, 0.15) is 5.75 Å². The number of hydrogen-bond donors (Lipinski definition) is 2. The van der Waals surface area contributed by atoms with Gasteiger partial charge in [-0.05, 0) is 38.2 Å². The molecule has 1 aromatic heterocycles. The Kier molecular flexibility index (Phi) is 5.35. The van der Waals surface area contributed by atoms with Crippen LogP contribution in [0.5, 0.6) is 5.75 Å². The van der Waals surface area contributed by atoms with Gasteiger partial charge >= 0.3 is 0 Å². The Morgan fingerprint density at radius 1 is 1.50 bits per heavy atom. The Balaban J connectivity index is 1.92. The fourth-order valence-corrected chi connectivity index (χ4v) is 2.42. The van der Waals surface area contributed by atoms with Crippen molar-refractivity contribution in [2.75, 3.05) is 13.2 Å². The predicted octanol–water partition coefficient (Wildman–Crippen LogP) is 1.23. The van der Waals surface area contributed by atoms with Crippen LogP contribution in [-0.2, 0) is 17.6 Å². The summed E-state index contributed by atoms with van der Waals surface area (Å²) in [4.78, 5) is 16.1. The van der Waals surface area contributed by atoms with Crippen LogP contribution in [0.25, 0.3) is 0 Å². The molecular formula is C15H22N2O3. The first kappa shape index (κ1) is 14.8. The molecule has 0 aromatic carbocycles. The summed E-state index contributed by atoms with van der Waals surface area (Å²) in [7, 11) is 0. The molecule has 2 rings (SSSR count). The lowest BCUT2D eigenvalue weighted by molar-refractivity contribution is -0.124. The minimum Gasteiger partial charge on any atom is -0.483 e. The number of pyridine rings is 1. The molecule has 110 valence electrons. The van der Waals surface area contributed by atoms with E-state index in [9.17, 15) is 4.79 Å². The number of aliphatic hydroxyl groups excluding tert-OH is 1. The number of carbonyl (C=O) groups excluding carboxylic acids is 1. The van der Waals surface area contributed by atoms with Crippen molar-refractivity contribution >= 4 is 5.91 Å². The van der Waals surface area contributed by atoms with Crippen LogP contribution in [0.1, 0.15) is 37.4 Å². The van der Waals surface area contributed by atoms with E-state index in [4.69, 9.17) is 9.84 Å². The summed E-state index contributed by atoms with van der Waals surface area (Å²) in [6.45, 7) is 1.85. The van der Waals surface area contributed by atoms with Crippen LogP contribution < -0.4 is 10.1 Å². The topological polar surface area (TPSA) is 71.5 Å². The second-order valence-electron chi connectivity index (χ2n) is 5.09. The second-order valence-corrected chi connectivity index (χ2v) is 5.09. The van der Waals surface area contributed by atoms with Crippen molar-refractivity contribution in [2.45, 2.75) is 45.1 Å². The summed E-state index contributed by atoms with van der Waals surface area (Å²) in [6.07, 6.45) is 6.70. The first-order chi connectivity index (χ1) is 9.74. The van der Waals surface area contributed by atoms with Gasteiger partial charge in [-0.3, -0.25) is 9.78 Å². The molecule has 0 saturated carbocycles. The Hall–Kier alpha value is -1.62. The number of aryl methyl sites for hydroxylation is 1. The van der Waals surface area contributed by atoms with Crippen molar-refractivity contribution in [1.29, 1.82) is 0 Å². The molecule has 1 aliphatic rings. The Bertz CT molecular complexity index is 458. The van der Waals surface area contributed by atoms with Crippen molar-refractivity contribution in [3.63, 3.8) is 0 Å². The summed E-state index contributed by atoms with van der Waals surface area (Å²) in [5.74, 6) is 0.564. The van der Waals surface area contributed by atoms with Crippen LogP contribution in [0.2, 0.25) is 0 Å². The maximum absolute atomic E-state index is 11.7. The van der Waals surface area contributed by atoms with Crippen molar-refractivity contribution < 1.29 is 14.6 Å². The molecule has 0 fully saturated rings. The number of aromatic nitrogens is 1. The van der Waals surface area contributed by atoms with Gasteiger partial charge in [-0.2, -0.15) is 0 Å². The zero-order chi connectivity index (χ0) is 14.4. The van der Waals surface area contributed by atoms with Crippen molar-refractivity contribution in [2.24, 2.45) is 0 Å².